The Morgan fingerprint density at radius 3 is 2.30 bits per heavy atom. The summed E-state index contributed by atoms with van der Waals surface area (Å²) in [5, 5.41) is 3.19. The lowest BCUT2D eigenvalue weighted by atomic mass is 10.1. The number of hydrogen-bond acceptors (Lipinski definition) is 4. The lowest BCUT2D eigenvalue weighted by molar-refractivity contribution is -0.140. The van der Waals surface area contributed by atoms with Crippen LogP contribution in [0.1, 0.15) is 44.2 Å². The van der Waals surface area contributed by atoms with Crippen molar-refractivity contribution in [2.75, 3.05) is 17.4 Å². The third-order valence-electron chi connectivity index (χ3n) is 6.53. The minimum Gasteiger partial charge on any atom is -0.354 e. The van der Waals surface area contributed by atoms with Crippen LogP contribution in [0.4, 0.5) is 10.1 Å². The lowest BCUT2D eigenvalue weighted by Crippen LogP contribution is -2.52. The first-order valence-corrected chi connectivity index (χ1v) is 15.1. The first kappa shape index (κ1) is 31.1. The molecule has 1 unspecified atom stereocenters. The number of anilines is 1. The van der Waals surface area contributed by atoms with E-state index in [0.29, 0.717) is 29.1 Å². The molecular weight excluding hydrogens is 553 g/mol. The van der Waals surface area contributed by atoms with Gasteiger partial charge in [-0.05, 0) is 67.3 Å². The van der Waals surface area contributed by atoms with E-state index in [1.165, 1.54) is 47.4 Å². The zero-order valence-electron chi connectivity index (χ0n) is 22.9. The average Bonchev–Trinajstić information content (AvgIpc) is 2.94. The fourth-order valence-corrected chi connectivity index (χ4v) is 5.95. The lowest BCUT2D eigenvalue weighted by Gasteiger charge is -2.33. The van der Waals surface area contributed by atoms with Gasteiger partial charge in [0.05, 0.1) is 10.6 Å². The van der Waals surface area contributed by atoms with E-state index in [2.05, 4.69) is 5.32 Å². The summed E-state index contributed by atoms with van der Waals surface area (Å²) >= 11 is 6.25. The van der Waals surface area contributed by atoms with E-state index < -0.39 is 34.3 Å². The second-order valence-electron chi connectivity index (χ2n) is 9.47. The molecule has 0 aromatic heterocycles. The second-order valence-corrected chi connectivity index (χ2v) is 11.8. The summed E-state index contributed by atoms with van der Waals surface area (Å²) in [6, 6.07) is 17.4. The molecule has 0 heterocycles. The van der Waals surface area contributed by atoms with E-state index in [9.17, 15) is 22.4 Å². The predicted octanol–water partition coefficient (Wildman–Crippen LogP) is 5.71. The van der Waals surface area contributed by atoms with Gasteiger partial charge in [-0.3, -0.25) is 13.9 Å². The highest BCUT2D eigenvalue weighted by atomic mass is 35.5. The zero-order chi connectivity index (χ0) is 29.3. The van der Waals surface area contributed by atoms with Crippen LogP contribution in [0.2, 0.25) is 5.02 Å². The number of nitrogens with zero attached hydrogens (tertiary/aromatic N) is 2. The van der Waals surface area contributed by atoms with Crippen LogP contribution in [0.5, 0.6) is 0 Å². The highest BCUT2D eigenvalue weighted by Gasteiger charge is 2.34. The van der Waals surface area contributed by atoms with Crippen LogP contribution < -0.4 is 9.62 Å². The summed E-state index contributed by atoms with van der Waals surface area (Å²) in [7, 11) is -4.19. The topological polar surface area (TPSA) is 86.8 Å². The molecule has 7 nitrogen and oxygen atoms in total. The van der Waals surface area contributed by atoms with Gasteiger partial charge in [0, 0.05) is 18.1 Å². The van der Waals surface area contributed by atoms with Gasteiger partial charge in [0.2, 0.25) is 11.8 Å². The number of carbonyl (C=O) groups excluding carboxylic acids is 2. The fourth-order valence-electron chi connectivity index (χ4n) is 4.30. The summed E-state index contributed by atoms with van der Waals surface area (Å²) in [5.74, 6) is -1.34. The van der Waals surface area contributed by atoms with Crippen LogP contribution >= 0.6 is 11.6 Å². The summed E-state index contributed by atoms with van der Waals surface area (Å²) in [4.78, 5) is 28.6. The van der Waals surface area contributed by atoms with E-state index in [1.807, 2.05) is 6.92 Å². The van der Waals surface area contributed by atoms with Crippen molar-refractivity contribution in [1.29, 1.82) is 0 Å². The number of carbonyl (C=O) groups is 2. The Kier molecular flexibility index (Phi) is 11.1. The Bertz CT molecular complexity index is 1400. The van der Waals surface area contributed by atoms with Crippen molar-refractivity contribution in [2.24, 2.45) is 0 Å². The normalized spacial score (nSPS) is 12.0. The zero-order valence-corrected chi connectivity index (χ0v) is 24.5. The Morgan fingerprint density at radius 1 is 1.00 bits per heavy atom. The molecule has 40 heavy (non-hydrogen) atoms. The smallest absolute Gasteiger partial charge is 0.264 e. The monoisotopic (exact) mass is 587 g/mol. The maximum Gasteiger partial charge on any atom is 0.264 e. The van der Waals surface area contributed by atoms with Gasteiger partial charge < -0.3 is 10.2 Å². The van der Waals surface area contributed by atoms with E-state index >= 15 is 0 Å². The van der Waals surface area contributed by atoms with Gasteiger partial charge in [0.1, 0.15) is 18.4 Å². The molecule has 0 spiro atoms. The van der Waals surface area contributed by atoms with Crippen LogP contribution in [-0.2, 0) is 26.2 Å². The third-order valence-corrected chi connectivity index (χ3v) is 8.54. The molecule has 0 aliphatic heterocycles. The number of halogens is 2. The molecule has 0 radical (unpaired) electrons. The van der Waals surface area contributed by atoms with E-state index in [0.717, 1.165) is 17.1 Å². The molecule has 0 aliphatic rings. The highest BCUT2D eigenvalue weighted by molar-refractivity contribution is 7.92. The molecule has 10 heteroatoms. The van der Waals surface area contributed by atoms with Gasteiger partial charge in [0.15, 0.2) is 0 Å². The number of nitrogens with one attached hydrogen (secondary N) is 1. The summed E-state index contributed by atoms with van der Waals surface area (Å²) < 4.78 is 42.4. The number of benzene rings is 3. The predicted molar refractivity (Wildman–Crippen MR) is 156 cm³/mol. The molecule has 0 saturated heterocycles. The van der Waals surface area contributed by atoms with Crippen molar-refractivity contribution in [1.82, 2.24) is 10.2 Å². The van der Waals surface area contributed by atoms with E-state index in [4.69, 9.17) is 11.6 Å². The fraction of sp³-hybridized carbons (Fsp3) is 0.333. The molecular formula is C30H35ClFN3O4S. The standard InChI is InChI=1S/C30H35ClFN3O4S/c1-4-6-18-33-30(37)27(5-2)34(20-23-13-16-25(32)17-14-23)29(36)21-35(28-19-24(31)15-12-22(28)3)40(38,39)26-10-8-7-9-11-26/h7-17,19,27H,4-6,18,20-21H2,1-3H3,(H,33,37). The maximum atomic E-state index is 14.0. The van der Waals surface area contributed by atoms with Crippen LogP contribution in [0.25, 0.3) is 0 Å². The molecule has 0 fully saturated rings. The second kappa shape index (κ2) is 14.3. The third kappa shape index (κ3) is 7.82. The Balaban J connectivity index is 2.06. The van der Waals surface area contributed by atoms with Gasteiger partial charge in [-0.1, -0.05) is 68.3 Å². The molecule has 1 N–H and O–H groups in total. The molecule has 2 amide bonds. The van der Waals surface area contributed by atoms with Crippen molar-refractivity contribution in [3.8, 4) is 0 Å². The van der Waals surface area contributed by atoms with Crippen LogP contribution in [0.3, 0.4) is 0 Å². The van der Waals surface area contributed by atoms with Gasteiger partial charge in [-0.15, -0.1) is 0 Å². The Hall–Kier alpha value is -3.43. The van der Waals surface area contributed by atoms with Gasteiger partial charge in [-0.2, -0.15) is 0 Å². The average molecular weight is 588 g/mol. The molecule has 214 valence electrons. The van der Waals surface area contributed by atoms with E-state index in [1.54, 1.807) is 44.2 Å². The molecule has 3 aromatic rings. The number of amides is 2. The number of rotatable bonds is 13. The molecule has 3 aromatic carbocycles. The number of aryl methyl sites for hydroxylation is 1. The Labute approximate surface area is 241 Å². The molecule has 0 aliphatic carbocycles. The van der Waals surface area contributed by atoms with Gasteiger partial charge >= 0.3 is 0 Å². The van der Waals surface area contributed by atoms with Crippen molar-refractivity contribution in [2.45, 2.75) is 57.5 Å². The highest BCUT2D eigenvalue weighted by Crippen LogP contribution is 2.30. The largest absolute Gasteiger partial charge is 0.354 e. The summed E-state index contributed by atoms with van der Waals surface area (Å²) in [6.45, 7) is 5.41. The van der Waals surface area contributed by atoms with E-state index in [-0.39, 0.29) is 23.0 Å². The quantitative estimate of drug-likeness (QED) is 0.260. The first-order chi connectivity index (χ1) is 19.1. The molecule has 1 atom stereocenters. The number of unbranched alkanes of at least 4 members (excludes halogenated alkanes) is 1. The van der Waals surface area contributed by atoms with Crippen molar-refractivity contribution in [3.63, 3.8) is 0 Å². The SMILES string of the molecule is CCCCNC(=O)C(CC)N(Cc1ccc(F)cc1)C(=O)CN(c1cc(Cl)ccc1C)S(=O)(=O)c1ccccc1. The summed E-state index contributed by atoms with van der Waals surface area (Å²) in [6.07, 6.45) is 1.97. The minimum atomic E-state index is -4.19. The maximum absolute atomic E-state index is 14.0. The Morgan fingerprint density at radius 2 is 1.68 bits per heavy atom. The van der Waals surface area contributed by atoms with Crippen molar-refractivity contribution < 1.29 is 22.4 Å². The van der Waals surface area contributed by atoms with Crippen LogP contribution in [0.15, 0.2) is 77.7 Å². The number of sulfonamides is 1. The molecule has 0 bridgehead atoms. The molecule has 0 saturated carbocycles. The van der Waals surface area contributed by atoms with Crippen LogP contribution in [-0.4, -0.2) is 44.3 Å². The first-order valence-electron chi connectivity index (χ1n) is 13.2. The van der Waals surface area contributed by atoms with Crippen molar-refractivity contribution in [3.05, 3.63) is 94.8 Å². The van der Waals surface area contributed by atoms with Crippen molar-refractivity contribution >= 4 is 39.1 Å². The van der Waals surface area contributed by atoms with Gasteiger partial charge in [0.25, 0.3) is 10.0 Å². The number of hydrogen-bond donors (Lipinski definition) is 1. The molecule has 3 rings (SSSR count). The van der Waals surface area contributed by atoms with Crippen LogP contribution in [0, 0.1) is 12.7 Å². The summed E-state index contributed by atoms with van der Waals surface area (Å²) in [5.41, 5.74) is 1.46. The minimum absolute atomic E-state index is 0.00737. The van der Waals surface area contributed by atoms with Gasteiger partial charge in [-0.25, -0.2) is 12.8 Å².